The molecule has 0 saturated carbocycles. The van der Waals surface area contributed by atoms with Gasteiger partial charge in [0.1, 0.15) is 5.75 Å². The second-order valence-corrected chi connectivity index (χ2v) is 9.37. The lowest BCUT2D eigenvalue weighted by Crippen LogP contribution is -2.33. The van der Waals surface area contributed by atoms with E-state index in [0.29, 0.717) is 22.2 Å². The van der Waals surface area contributed by atoms with E-state index >= 15 is 0 Å². The van der Waals surface area contributed by atoms with Gasteiger partial charge in [-0.2, -0.15) is 0 Å². The van der Waals surface area contributed by atoms with Crippen molar-refractivity contribution in [1.82, 2.24) is 10.3 Å². The molecule has 3 aromatic carbocycles. The highest BCUT2D eigenvalue weighted by Gasteiger charge is 2.25. The van der Waals surface area contributed by atoms with Crippen molar-refractivity contribution in [2.24, 2.45) is 0 Å². The molecule has 0 aliphatic carbocycles. The number of nitrogens with zero attached hydrogens (tertiary/aromatic N) is 2. The number of carbonyl (C=O) groups is 1. The van der Waals surface area contributed by atoms with Crippen LogP contribution in [0, 0.1) is 0 Å². The highest BCUT2D eigenvalue weighted by Crippen LogP contribution is 2.38. The molecule has 34 heavy (non-hydrogen) atoms. The number of anilines is 1. The average Bonchev–Trinajstić information content (AvgIpc) is 2.82. The van der Waals surface area contributed by atoms with Gasteiger partial charge in [0.25, 0.3) is 5.91 Å². The fourth-order valence-corrected chi connectivity index (χ4v) is 5.09. The maximum absolute atomic E-state index is 13.5. The van der Waals surface area contributed by atoms with Gasteiger partial charge in [-0.1, -0.05) is 47.5 Å². The summed E-state index contributed by atoms with van der Waals surface area (Å²) in [7, 11) is 3.86. The van der Waals surface area contributed by atoms with Crippen LogP contribution >= 0.6 is 23.2 Å². The van der Waals surface area contributed by atoms with Crippen LogP contribution in [-0.4, -0.2) is 31.6 Å². The molecule has 172 valence electrons. The Morgan fingerprint density at radius 3 is 2.56 bits per heavy atom. The molecule has 0 bridgehead atoms. The van der Waals surface area contributed by atoms with Crippen molar-refractivity contribution in [3.63, 3.8) is 0 Å². The molecule has 1 aliphatic heterocycles. The van der Waals surface area contributed by atoms with E-state index in [1.165, 1.54) is 0 Å². The number of para-hydroxylation sites is 1. The van der Waals surface area contributed by atoms with E-state index < -0.39 is 0 Å². The first kappa shape index (κ1) is 22.5. The topological polar surface area (TPSA) is 54.5 Å². The van der Waals surface area contributed by atoms with Crippen molar-refractivity contribution in [1.29, 1.82) is 0 Å². The van der Waals surface area contributed by atoms with Gasteiger partial charge < -0.3 is 15.0 Å². The van der Waals surface area contributed by atoms with Gasteiger partial charge in [-0.3, -0.25) is 9.78 Å². The van der Waals surface area contributed by atoms with Gasteiger partial charge in [-0.15, -0.1) is 0 Å². The Morgan fingerprint density at radius 1 is 1.03 bits per heavy atom. The summed E-state index contributed by atoms with van der Waals surface area (Å²) < 4.78 is 5.75. The Morgan fingerprint density at radius 2 is 1.79 bits per heavy atom. The van der Waals surface area contributed by atoms with Crippen LogP contribution < -0.4 is 15.0 Å². The number of fused-ring (bicyclic) bond motifs is 2. The lowest BCUT2D eigenvalue weighted by molar-refractivity contribution is 0.0925. The zero-order valence-electron chi connectivity index (χ0n) is 18.8. The zero-order chi connectivity index (χ0) is 23.8. The SMILES string of the molecule is CN(C)c1c(C(=O)NC2CCOc3ccccc32)ccc2c(-c3cc(Cl)cc(Cl)c3)cncc12. The van der Waals surface area contributed by atoms with Gasteiger partial charge in [0.05, 0.1) is 23.9 Å². The molecule has 5 rings (SSSR count). The molecule has 1 aliphatic rings. The lowest BCUT2D eigenvalue weighted by atomic mass is 9.96. The Bertz CT molecular complexity index is 1380. The molecular formula is C27H23Cl2N3O2. The minimum atomic E-state index is -0.136. The van der Waals surface area contributed by atoms with Crippen LogP contribution in [0.4, 0.5) is 5.69 Å². The molecule has 0 saturated heterocycles. The van der Waals surface area contributed by atoms with Crippen LogP contribution in [-0.2, 0) is 0 Å². The smallest absolute Gasteiger partial charge is 0.253 e. The lowest BCUT2D eigenvalue weighted by Gasteiger charge is -2.27. The van der Waals surface area contributed by atoms with Crippen molar-refractivity contribution < 1.29 is 9.53 Å². The monoisotopic (exact) mass is 491 g/mol. The molecule has 1 aromatic heterocycles. The number of hydrogen-bond acceptors (Lipinski definition) is 4. The summed E-state index contributed by atoms with van der Waals surface area (Å²) >= 11 is 12.5. The van der Waals surface area contributed by atoms with E-state index in [1.54, 1.807) is 18.5 Å². The molecule has 1 N–H and O–H groups in total. The molecule has 2 heterocycles. The molecular weight excluding hydrogens is 469 g/mol. The zero-order valence-corrected chi connectivity index (χ0v) is 20.3. The highest BCUT2D eigenvalue weighted by atomic mass is 35.5. The quantitative estimate of drug-likeness (QED) is 0.352. The molecule has 7 heteroatoms. The third-order valence-corrected chi connectivity index (χ3v) is 6.48. The van der Waals surface area contributed by atoms with Crippen LogP contribution in [0.5, 0.6) is 5.75 Å². The molecule has 1 atom stereocenters. The molecule has 1 amide bonds. The number of benzene rings is 3. The number of halogens is 2. The maximum Gasteiger partial charge on any atom is 0.253 e. The molecule has 0 fully saturated rings. The van der Waals surface area contributed by atoms with E-state index in [4.69, 9.17) is 27.9 Å². The molecule has 4 aromatic rings. The predicted molar refractivity (Wildman–Crippen MR) is 138 cm³/mol. The van der Waals surface area contributed by atoms with Crippen molar-refractivity contribution in [3.8, 4) is 16.9 Å². The van der Waals surface area contributed by atoms with E-state index in [1.807, 2.05) is 67.5 Å². The van der Waals surface area contributed by atoms with Crippen LogP contribution in [0.1, 0.15) is 28.4 Å². The Balaban J connectivity index is 1.58. The average molecular weight is 492 g/mol. The third-order valence-electron chi connectivity index (χ3n) is 6.04. The van der Waals surface area contributed by atoms with Crippen molar-refractivity contribution in [3.05, 3.63) is 88.2 Å². The summed E-state index contributed by atoms with van der Waals surface area (Å²) in [5.41, 5.74) is 4.16. The summed E-state index contributed by atoms with van der Waals surface area (Å²) in [4.78, 5) is 19.9. The third kappa shape index (κ3) is 4.17. The fraction of sp³-hybridized carbons (Fsp3) is 0.185. The summed E-state index contributed by atoms with van der Waals surface area (Å²) in [5, 5.41) is 6.16. The number of rotatable bonds is 4. The van der Waals surface area contributed by atoms with Gasteiger partial charge >= 0.3 is 0 Å². The van der Waals surface area contributed by atoms with Crippen LogP contribution in [0.3, 0.4) is 0 Å². The fourth-order valence-electron chi connectivity index (χ4n) is 4.56. The molecule has 0 radical (unpaired) electrons. The van der Waals surface area contributed by atoms with Crippen LogP contribution in [0.25, 0.3) is 21.9 Å². The first-order valence-corrected chi connectivity index (χ1v) is 11.7. The first-order valence-electron chi connectivity index (χ1n) is 11.0. The number of ether oxygens (including phenoxy) is 1. The Labute approximate surface area is 208 Å². The van der Waals surface area contributed by atoms with Crippen molar-refractivity contribution >= 4 is 45.6 Å². The second kappa shape index (κ2) is 9.16. The summed E-state index contributed by atoms with van der Waals surface area (Å²) in [6.45, 7) is 0.565. The van der Waals surface area contributed by atoms with E-state index in [-0.39, 0.29) is 11.9 Å². The van der Waals surface area contributed by atoms with Crippen LogP contribution in [0.15, 0.2) is 67.0 Å². The molecule has 0 spiro atoms. The minimum absolute atomic E-state index is 0.110. The van der Waals surface area contributed by atoms with Crippen molar-refractivity contribution in [2.75, 3.05) is 25.6 Å². The Kier molecular flexibility index (Phi) is 6.07. The van der Waals surface area contributed by atoms with Crippen LogP contribution in [0.2, 0.25) is 10.0 Å². The number of nitrogens with one attached hydrogen (secondary N) is 1. The van der Waals surface area contributed by atoms with Gasteiger partial charge in [0.2, 0.25) is 0 Å². The first-order chi connectivity index (χ1) is 16.4. The molecule has 5 nitrogen and oxygen atoms in total. The summed E-state index contributed by atoms with van der Waals surface area (Å²) in [5.74, 6) is 0.683. The predicted octanol–water partition coefficient (Wildman–Crippen LogP) is 6.53. The largest absolute Gasteiger partial charge is 0.493 e. The van der Waals surface area contributed by atoms with Gasteiger partial charge in [0.15, 0.2) is 0 Å². The number of carbonyl (C=O) groups excluding carboxylic acids is 1. The van der Waals surface area contributed by atoms with Crippen molar-refractivity contribution in [2.45, 2.75) is 12.5 Å². The second-order valence-electron chi connectivity index (χ2n) is 8.50. The summed E-state index contributed by atoms with van der Waals surface area (Å²) in [6.07, 6.45) is 4.30. The Hall–Kier alpha value is -3.28. The highest BCUT2D eigenvalue weighted by molar-refractivity contribution is 6.35. The van der Waals surface area contributed by atoms with Gasteiger partial charge in [-0.05, 0) is 41.3 Å². The maximum atomic E-state index is 13.5. The van der Waals surface area contributed by atoms with E-state index in [2.05, 4.69) is 10.3 Å². The number of hydrogen-bond donors (Lipinski definition) is 1. The van der Waals surface area contributed by atoms with Gasteiger partial charge in [-0.25, -0.2) is 0 Å². The van der Waals surface area contributed by atoms with E-state index in [0.717, 1.165) is 45.3 Å². The standard InChI is InChI=1S/C27H23Cl2N3O2/c1-32(2)26-21(27(33)31-24-9-10-34-25-6-4-3-5-20(24)25)8-7-19-22(14-30-15-23(19)26)16-11-17(28)13-18(29)12-16/h3-8,11-15,24H,9-10H2,1-2H3,(H,31,33). The number of pyridine rings is 1. The summed E-state index contributed by atoms with van der Waals surface area (Å²) in [6, 6.07) is 17.0. The molecule has 1 unspecified atom stereocenters. The number of aromatic nitrogens is 1. The minimum Gasteiger partial charge on any atom is -0.493 e. The normalized spacial score (nSPS) is 14.9. The van der Waals surface area contributed by atoms with Gasteiger partial charge in [0, 0.05) is 59.5 Å². The number of amides is 1. The van der Waals surface area contributed by atoms with E-state index in [9.17, 15) is 4.79 Å².